The number of hydrogen-bond acceptors (Lipinski definition) is 4. The molecule has 30 heavy (non-hydrogen) atoms. The number of rotatable bonds is 9. The molecule has 0 aliphatic carbocycles. The van der Waals surface area contributed by atoms with Gasteiger partial charge in [-0.25, -0.2) is 0 Å². The first-order valence-electron chi connectivity index (χ1n) is 10.1. The lowest BCUT2D eigenvalue weighted by molar-refractivity contribution is -0.136. The lowest BCUT2D eigenvalue weighted by Crippen LogP contribution is -2.45. The summed E-state index contributed by atoms with van der Waals surface area (Å²) >= 11 is 0. The van der Waals surface area contributed by atoms with Crippen LogP contribution in [0.1, 0.15) is 17.5 Å². The van der Waals surface area contributed by atoms with Gasteiger partial charge in [-0.3, -0.25) is 9.69 Å². The van der Waals surface area contributed by atoms with Crippen molar-refractivity contribution in [2.75, 3.05) is 39.3 Å². The molecule has 2 N–H and O–H groups in total. The van der Waals surface area contributed by atoms with Gasteiger partial charge in [-0.05, 0) is 17.5 Å². The predicted octanol–water partition coefficient (Wildman–Crippen LogP) is 3.15. The van der Waals surface area contributed by atoms with Gasteiger partial charge in [0.05, 0.1) is 19.1 Å². The van der Waals surface area contributed by atoms with Crippen molar-refractivity contribution < 1.29 is 9.53 Å². The van der Waals surface area contributed by atoms with Crippen molar-refractivity contribution in [2.24, 2.45) is 5.73 Å². The zero-order valence-corrected chi connectivity index (χ0v) is 19.0. The fourth-order valence-electron chi connectivity index (χ4n) is 3.64. The van der Waals surface area contributed by atoms with Crippen molar-refractivity contribution in [3.05, 3.63) is 71.8 Å². The average molecular weight is 454 g/mol. The number of carbonyl (C=O) groups excluding carboxylic acids is 1. The van der Waals surface area contributed by atoms with Crippen LogP contribution in [0.15, 0.2) is 60.7 Å². The van der Waals surface area contributed by atoms with Crippen LogP contribution >= 0.6 is 24.8 Å². The molecule has 7 heteroatoms. The summed E-state index contributed by atoms with van der Waals surface area (Å²) in [6, 6.07) is 20.7. The van der Waals surface area contributed by atoms with Gasteiger partial charge in [0.2, 0.25) is 5.91 Å². The second-order valence-electron chi connectivity index (χ2n) is 7.32. The number of nitrogens with two attached hydrogens (primary N) is 1. The molecule has 166 valence electrons. The standard InChI is InChI=1S/C23H31N3O2.2ClH/c24-12-14-26(13-11-20-7-3-1-4-8-20)23(27)17-22-19-25(15-16-28-22)18-21-9-5-2-6-10-21;;/h1-10,22H,11-19,24H2;2*1H. The molecule has 1 amide bonds. The topological polar surface area (TPSA) is 58.8 Å². The zero-order valence-electron chi connectivity index (χ0n) is 17.3. The SMILES string of the molecule is Cl.Cl.NCCN(CCc1ccccc1)C(=O)CC1CN(Cc2ccccc2)CCO1. The molecule has 3 rings (SSSR count). The van der Waals surface area contributed by atoms with Gasteiger partial charge in [0.1, 0.15) is 0 Å². The van der Waals surface area contributed by atoms with E-state index in [2.05, 4.69) is 41.3 Å². The molecule has 2 aromatic carbocycles. The first-order valence-corrected chi connectivity index (χ1v) is 10.1. The highest BCUT2D eigenvalue weighted by molar-refractivity contribution is 5.85. The van der Waals surface area contributed by atoms with Gasteiger partial charge in [-0.15, -0.1) is 24.8 Å². The molecule has 1 fully saturated rings. The fraction of sp³-hybridized carbons (Fsp3) is 0.435. The van der Waals surface area contributed by atoms with E-state index in [1.165, 1.54) is 11.1 Å². The zero-order chi connectivity index (χ0) is 19.6. The Bertz CT molecular complexity index is 719. The van der Waals surface area contributed by atoms with Gasteiger partial charge in [0.15, 0.2) is 0 Å². The Labute approximate surface area is 192 Å². The third-order valence-corrected chi connectivity index (χ3v) is 5.14. The highest BCUT2D eigenvalue weighted by Crippen LogP contribution is 2.14. The fourth-order valence-corrected chi connectivity index (χ4v) is 3.64. The lowest BCUT2D eigenvalue weighted by Gasteiger charge is -2.34. The molecule has 0 bridgehead atoms. The number of ether oxygens (including phenoxy) is 1. The highest BCUT2D eigenvalue weighted by atomic mass is 35.5. The number of morpholine rings is 1. The number of amides is 1. The maximum atomic E-state index is 12.9. The molecule has 1 aliphatic heterocycles. The van der Waals surface area contributed by atoms with Crippen LogP contribution in [0.25, 0.3) is 0 Å². The van der Waals surface area contributed by atoms with Gasteiger partial charge in [-0.2, -0.15) is 0 Å². The molecule has 0 saturated carbocycles. The monoisotopic (exact) mass is 453 g/mol. The first kappa shape index (κ1) is 26.4. The molecule has 5 nitrogen and oxygen atoms in total. The molecule has 0 spiro atoms. The maximum Gasteiger partial charge on any atom is 0.225 e. The third-order valence-electron chi connectivity index (χ3n) is 5.14. The molecule has 1 atom stereocenters. The van der Waals surface area contributed by atoms with E-state index in [1.807, 2.05) is 29.2 Å². The van der Waals surface area contributed by atoms with Gasteiger partial charge < -0.3 is 15.4 Å². The Morgan fingerprint density at radius 1 is 1.00 bits per heavy atom. The molecule has 1 heterocycles. The van der Waals surface area contributed by atoms with E-state index in [9.17, 15) is 4.79 Å². The molecule has 1 aliphatic rings. The van der Waals surface area contributed by atoms with E-state index in [0.717, 1.165) is 26.1 Å². The summed E-state index contributed by atoms with van der Waals surface area (Å²) in [6.07, 6.45) is 1.21. The third kappa shape index (κ3) is 8.62. The van der Waals surface area contributed by atoms with Crippen molar-refractivity contribution >= 4 is 30.7 Å². The first-order chi connectivity index (χ1) is 13.7. The molecular weight excluding hydrogens is 421 g/mol. The van der Waals surface area contributed by atoms with Gasteiger partial charge in [0, 0.05) is 39.3 Å². The van der Waals surface area contributed by atoms with E-state index >= 15 is 0 Å². The summed E-state index contributed by atoms with van der Waals surface area (Å²) in [5.74, 6) is 0.132. The summed E-state index contributed by atoms with van der Waals surface area (Å²) in [6.45, 7) is 5.02. The lowest BCUT2D eigenvalue weighted by atomic mass is 10.1. The molecule has 0 aromatic heterocycles. The van der Waals surface area contributed by atoms with E-state index in [1.54, 1.807) is 0 Å². The Morgan fingerprint density at radius 3 is 2.27 bits per heavy atom. The van der Waals surface area contributed by atoms with Crippen molar-refractivity contribution in [1.82, 2.24) is 9.80 Å². The van der Waals surface area contributed by atoms with Gasteiger partial charge >= 0.3 is 0 Å². The van der Waals surface area contributed by atoms with E-state index in [0.29, 0.717) is 32.7 Å². The van der Waals surface area contributed by atoms with Gasteiger partial charge in [0.25, 0.3) is 0 Å². The Hall–Kier alpha value is -1.63. The number of hydrogen-bond donors (Lipinski definition) is 1. The number of nitrogens with zero attached hydrogens (tertiary/aromatic N) is 2. The highest BCUT2D eigenvalue weighted by Gasteiger charge is 2.25. The normalized spacial score (nSPS) is 16.2. The van der Waals surface area contributed by atoms with Crippen LogP contribution in [-0.2, 0) is 22.5 Å². The summed E-state index contributed by atoms with van der Waals surface area (Å²) < 4.78 is 5.89. The molecule has 2 aromatic rings. The molecular formula is C23H33Cl2N3O2. The predicted molar refractivity (Wildman–Crippen MR) is 126 cm³/mol. The molecule has 0 radical (unpaired) electrons. The second kappa shape index (κ2) is 14.4. The summed E-state index contributed by atoms with van der Waals surface area (Å²) in [5.41, 5.74) is 8.27. The number of halogens is 2. The smallest absolute Gasteiger partial charge is 0.225 e. The van der Waals surface area contributed by atoms with Crippen LogP contribution < -0.4 is 5.73 Å². The Morgan fingerprint density at radius 2 is 1.63 bits per heavy atom. The van der Waals surface area contributed by atoms with Crippen molar-refractivity contribution in [2.45, 2.75) is 25.5 Å². The van der Waals surface area contributed by atoms with Crippen LogP contribution in [0, 0.1) is 0 Å². The molecule has 1 saturated heterocycles. The maximum absolute atomic E-state index is 12.9. The minimum atomic E-state index is -0.0537. The number of benzene rings is 2. The van der Waals surface area contributed by atoms with Crippen LogP contribution in [0.4, 0.5) is 0 Å². The summed E-state index contributed by atoms with van der Waals surface area (Å²) in [4.78, 5) is 17.1. The average Bonchev–Trinajstić information content (AvgIpc) is 2.73. The van der Waals surface area contributed by atoms with Crippen LogP contribution in [0.3, 0.4) is 0 Å². The molecule has 1 unspecified atom stereocenters. The summed E-state index contributed by atoms with van der Waals surface area (Å²) in [5, 5.41) is 0. The van der Waals surface area contributed by atoms with Crippen LogP contribution in [0.2, 0.25) is 0 Å². The van der Waals surface area contributed by atoms with Crippen LogP contribution in [0.5, 0.6) is 0 Å². The minimum absolute atomic E-state index is 0. The Balaban J connectivity index is 0.00000225. The van der Waals surface area contributed by atoms with Crippen molar-refractivity contribution in [3.8, 4) is 0 Å². The van der Waals surface area contributed by atoms with E-state index in [-0.39, 0.29) is 36.8 Å². The Kier molecular flexibility index (Phi) is 12.7. The summed E-state index contributed by atoms with van der Waals surface area (Å²) in [7, 11) is 0. The van der Waals surface area contributed by atoms with E-state index < -0.39 is 0 Å². The quantitative estimate of drug-likeness (QED) is 0.633. The largest absolute Gasteiger partial charge is 0.375 e. The van der Waals surface area contributed by atoms with Crippen LogP contribution in [-0.4, -0.2) is 61.1 Å². The van der Waals surface area contributed by atoms with Crippen molar-refractivity contribution in [1.29, 1.82) is 0 Å². The second-order valence-corrected chi connectivity index (χ2v) is 7.32. The van der Waals surface area contributed by atoms with Gasteiger partial charge in [-0.1, -0.05) is 60.7 Å². The van der Waals surface area contributed by atoms with E-state index in [4.69, 9.17) is 10.5 Å². The number of carbonyl (C=O) groups is 1. The minimum Gasteiger partial charge on any atom is -0.375 e. The van der Waals surface area contributed by atoms with Crippen molar-refractivity contribution in [3.63, 3.8) is 0 Å².